The van der Waals surface area contributed by atoms with Crippen molar-refractivity contribution in [3.63, 3.8) is 0 Å². The van der Waals surface area contributed by atoms with Gasteiger partial charge in [-0.2, -0.15) is 0 Å². The maximum Gasteiger partial charge on any atom is 0.227 e. The van der Waals surface area contributed by atoms with Crippen molar-refractivity contribution in [3.8, 4) is 0 Å². The molecule has 0 radical (unpaired) electrons. The highest BCUT2D eigenvalue weighted by Gasteiger charge is 2.59. The van der Waals surface area contributed by atoms with Crippen LogP contribution in [-0.4, -0.2) is 60.0 Å². The van der Waals surface area contributed by atoms with Crippen LogP contribution in [0.3, 0.4) is 0 Å². The number of rotatable bonds is 3. The number of halogens is 2. The Hall–Kier alpha value is -2.02. The second-order valence-corrected chi connectivity index (χ2v) is 8.91. The number of hydrogen-bond acceptors (Lipinski definition) is 3. The van der Waals surface area contributed by atoms with Gasteiger partial charge in [0.2, 0.25) is 11.8 Å². The molecule has 1 aromatic carbocycles. The molecule has 29 heavy (non-hydrogen) atoms. The molecule has 3 fully saturated rings. The zero-order valence-electron chi connectivity index (χ0n) is 17.0. The number of amides is 2. The van der Waals surface area contributed by atoms with Crippen LogP contribution in [0.2, 0.25) is 0 Å². The third-order valence-electron chi connectivity index (χ3n) is 6.68. The average Bonchev–Trinajstić information content (AvgIpc) is 3.37. The van der Waals surface area contributed by atoms with E-state index in [9.17, 15) is 18.4 Å². The highest BCUT2D eigenvalue weighted by atomic mass is 19.1. The lowest BCUT2D eigenvalue weighted by Gasteiger charge is -2.37. The Morgan fingerprint density at radius 2 is 1.76 bits per heavy atom. The van der Waals surface area contributed by atoms with Gasteiger partial charge in [0, 0.05) is 37.7 Å². The van der Waals surface area contributed by atoms with Gasteiger partial charge in [-0.1, -0.05) is 0 Å². The Morgan fingerprint density at radius 3 is 2.41 bits per heavy atom. The van der Waals surface area contributed by atoms with Crippen LogP contribution in [0, 0.1) is 23.0 Å². The van der Waals surface area contributed by atoms with Gasteiger partial charge in [0.25, 0.3) is 0 Å². The molecule has 5 nitrogen and oxygen atoms in total. The first-order valence-corrected chi connectivity index (χ1v) is 10.4. The summed E-state index contributed by atoms with van der Waals surface area (Å²) in [5, 5.41) is 0. The molecule has 2 amide bonds. The van der Waals surface area contributed by atoms with Crippen molar-refractivity contribution in [2.45, 2.75) is 51.7 Å². The van der Waals surface area contributed by atoms with Gasteiger partial charge in [0.05, 0.1) is 18.6 Å². The molecule has 3 aliphatic rings. The molecule has 1 saturated carbocycles. The van der Waals surface area contributed by atoms with Crippen molar-refractivity contribution in [2.75, 3.05) is 26.2 Å². The SMILES string of the molecule is C[C@@H]1CN(C(=O)[C@H]2CC23CCN(C(=O)Cc2cc(F)ccc2F)CC3)C[C@H](C)O1. The van der Waals surface area contributed by atoms with Crippen LogP contribution >= 0.6 is 0 Å². The van der Waals surface area contributed by atoms with E-state index in [1.54, 1.807) is 4.90 Å². The maximum absolute atomic E-state index is 13.8. The van der Waals surface area contributed by atoms with Crippen LogP contribution in [0.4, 0.5) is 8.78 Å². The van der Waals surface area contributed by atoms with Gasteiger partial charge in [-0.05, 0) is 56.7 Å². The smallest absolute Gasteiger partial charge is 0.227 e. The highest BCUT2D eigenvalue weighted by Crippen LogP contribution is 2.60. The van der Waals surface area contributed by atoms with Crippen molar-refractivity contribution < 1.29 is 23.1 Å². The number of piperidine rings is 1. The second kappa shape index (κ2) is 7.67. The Balaban J connectivity index is 1.31. The number of ether oxygens (including phenoxy) is 1. The van der Waals surface area contributed by atoms with Gasteiger partial charge in [-0.15, -0.1) is 0 Å². The van der Waals surface area contributed by atoms with Crippen molar-refractivity contribution in [1.29, 1.82) is 0 Å². The zero-order chi connectivity index (χ0) is 20.8. The van der Waals surface area contributed by atoms with Gasteiger partial charge in [-0.25, -0.2) is 8.78 Å². The lowest BCUT2D eigenvalue weighted by Crippen LogP contribution is -2.49. The summed E-state index contributed by atoms with van der Waals surface area (Å²) in [4.78, 5) is 29.2. The molecule has 3 atom stereocenters. The van der Waals surface area contributed by atoms with E-state index in [1.165, 1.54) is 0 Å². The summed E-state index contributed by atoms with van der Waals surface area (Å²) in [5.41, 5.74) is 0.0910. The molecule has 2 aliphatic heterocycles. The Labute approximate surface area is 170 Å². The normalized spacial score (nSPS) is 28.5. The summed E-state index contributed by atoms with van der Waals surface area (Å²) in [6.07, 6.45) is 2.43. The van der Waals surface area contributed by atoms with E-state index < -0.39 is 11.6 Å². The molecule has 2 saturated heterocycles. The van der Waals surface area contributed by atoms with E-state index >= 15 is 0 Å². The number of carbonyl (C=O) groups excluding carboxylic acids is 2. The molecule has 1 aromatic rings. The standard InChI is InChI=1S/C22H28F2N2O3/c1-14-12-26(13-15(2)29-14)21(28)18-11-22(18)5-7-25(8-6-22)20(27)10-16-9-17(23)3-4-19(16)24/h3-4,9,14-15,18H,5-8,10-13H2,1-2H3/t14-,15+,18-/m1/s1. The Kier molecular flexibility index (Phi) is 5.36. The number of carbonyl (C=O) groups is 2. The molecule has 0 bridgehead atoms. The molecule has 1 aliphatic carbocycles. The summed E-state index contributed by atoms with van der Waals surface area (Å²) < 4.78 is 32.9. The minimum absolute atomic E-state index is 0.00273. The first kappa shape index (κ1) is 20.3. The van der Waals surface area contributed by atoms with E-state index in [-0.39, 0.29) is 47.3 Å². The van der Waals surface area contributed by atoms with Crippen molar-refractivity contribution >= 4 is 11.8 Å². The first-order chi connectivity index (χ1) is 13.8. The molecule has 0 aromatic heterocycles. The second-order valence-electron chi connectivity index (χ2n) is 8.91. The number of morpholine rings is 1. The summed E-state index contributed by atoms with van der Waals surface area (Å²) in [6.45, 7) is 6.39. The van der Waals surface area contributed by atoms with Crippen LogP contribution in [0.25, 0.3) is 0 Å². The van der Waals surface area contributed by atoms with E-state index in [2.05, 4.69) is 0 Å². The fraction of sp³-hybridized carbons (Fsp3) is 0.636. The van der Waals surface area contributed by atoms with Crippen molar-refractivity contribution in [1.82, 2.24) is 9.80 Å². The molecular weight excluding hydrogens is 378 g/mol. The summed E-state index contributed by atoms with van der Waals surface area (Å²) in [6, 6.07) is 3.18. The zero-order valence-corrected chi connectivity index (χ0v) is 17.0. The van der Waals surface area contributed by atoms with Crippen LogP contribution < -0.4 is 0 Å². The third kappa shape index (κ3) is 4.15. The van der Waals surface area contributed by atoms with E-state index in [0.717, 1.165) is 37.5 Å². The lowest BCUT2D eigenvalue weighted by atomic mass is 9.90. The predicted octanol–water partition coefficient (Wildman–Crippen LogP) is 2.77. The van der Waals surface area contributed by atoms with E-state index in [0.29, 0.717) is 26.2 Å². The van der Waals surface area contributed by atoms with Gasteiger partial charge in [0.1, 0.15) is 11.6 Å². The fourth-order valence-corrected chi connectivity index (χ4v) is 4.98. The van der Waals surface area contributed by atoms with Crippen LogP contribution in [0.5, 0.6) is 0 Å². The summed E-state index contributed by atoms with van der Waals surface area (Å²) >= 11 is 0. The molecule has 4 rings (SSSR count). The van der Waals surface area contributed by atoms with Gasteiger partial charge in [-0.3, -0.25) is 9.59 Å². The van der Waals surface area contributed by atoms with E-state index in [4.69, 9.17) is 4.74 Å². The maximum atomic E-state index is 13.8. The number of benzene rings is 1. The monoisotopic (exact) mass is 406 g/mol. The summed E-state index contributed by atoms with van der Waals surface area (Å²) in [7, 11) is 0. The predicted molar refractivity (Wildman–Crippen MR) is 103 cm³/mol. The number of hydrogen-bond donors (Lipinski definition) is 0. The van der Waals surface area contributed by atoms with Crippen LogP contribution in [0.15, 0.2) is 18.2 Å². The molecule has 0 N–H and O–H groups in total. The molecular formula is C22H28F2N2O3. The Morgan fingerprint density at radius 1 is 1.10 bits per heavy atom. The minimum atomic E-state index is -0.560. The third-order valence-corrected chi connectivity index (χ3v) is 6.68. The van der Waals surface area contributed by atoms with E-state index in [1.807, 2.05) is 18.7 Å². The average molecular weight is 406 g/mol. The molecule has 1 spiro atoms. The molecule has 158 valence electrons. The highest BCUT2D eigenvalue weighted by molar-refractivity contribution is 5.83. The molecule has 2 heterocycles. The molecule has 7 heteroatoms. The minimum Gasteiger partial charge on any atom is -0.372 e. The number of nitrogens with zero attached hydrogens (tertiary/aromatic N) is 2. The largest absolute Gasteiger partial charge is 0.372 e. The lowest BCUT2D eigenvalue weighted by molar-refractivity contribution is -0.145. The van der Waals surface area contributed by atoms with Gasteiger partial charge in [0.15, 0.2) is 0 Å². The van der Waals surface area contributed by atoms with Gasteiger partial charge >= 0.3 is 0 Å². The van der Waals surface area contributed by atoms with Crippen LogP contribution in [0.1, 0.15) is 38.7 Å². The quantitative estimate of drug-likeness (QED) is 0.776. The number of likely N-dealkylation sites (tertiary alicyclic amines) is 1. The van der Waals surface area contributed by atoms with Crippen molar-refractivity contribution in [2.24, 2.45) is 11.3 Å². The summed E-state index contributed by atoms with van der Waals surface area (Å²) in [5.74, 6) is -1.04. The molecule has 0 unspecified atom stereocenters. The van der Waals surface area contributed by atoms with Gasteiger partial charge < -0.3 is 14.5 Å². The topological polar surface area (TPSA) is 49.9 Å². The Bertz CT molecular complexity index is 797. The van der Waals surface area contributed by atoms with Crippen molar-refractivity contribution in [3.05, 3.63) is 35.4 Å². The fourth-order valence-electron chi connectivity index (χ4n) is 4.98. The van der Waals surface area contributed by atoms with Crippen LogP contribution in [-0.2, 0) is 20.7 Å². The first-order valence-electron chi connectivity index (χ1n) is 10.4.